The highest BCUT2D eigenvalue weighted by Gasteiger charge is 2.36. The molecule has 2 nitrogen and oxygen atoms in total. The van der Waals surface area contributed by atoms with E-state index in [1.807, 2.05) is 0 Å². The first-order valence-electron chi connectivity index (χ1n) is 25.4. The predicted molar refractivity (Wildman–Crippen MR) is 310 cm³/mol. The topological polar surface area (TPSA) is 8.17 Å². The molecule has 0 aliphatic heterocycles. The van der Waals surface area contributed by atoms with Gasteiger partial charge in [-0.25, -0.2) is 0 Å². The Balaban J connectivity index is 1.01. The quantitative estimate of drug-likeness (QED) is 0.138. The van der Waals surface area contributed by atoms with Gasteiger partial charge in [-0.3, -0.25) is 0 Å². The van der Waals surface area contributed by atoms with E-state index in [4.69, 9.17) is 0 Å². The molecule has 1 aromatic heterocycles. The number of rotatable bonds is 8. The first-order valence-corrected chi connectivity index (χ1v) is 25.4. The largest absolute Gasteiger partial charge is 0.310 e. The van der Waals surface area contributed by atoms with E-state index < -0.39 is 0 Å². The van der Waals surface area contributed by atoms with Crippen LogP contribution in [0.5, 0.6) is 0 Å². The van der Waals surface area contributed by atoms with Crippen molar-refractivity contribution >= 4 is 60.4 Å². The van der Waals surface area contributed by atoms with Crippen molar-refractivity contribution in [2.75, 3.05) is 4.90 Å². The third kappa shape index (κ3) is 6.94. The Morgan fingerprint density at radius 2 is 0.808 bits per heavy atom. The lowest BCUT2D eigenvalue weighted by Gasteiger charge is -2.30. The van der Waals surface area contributed by atoms with Gasteiger partial charge in [-0.15, -0.1) is 0 Å². The van der Waals surface area contributed by atoms with Crippen LogP contribution in [-0.2, 0) is 5.41 Å². The summed E-state index contributed by atoms with van der Waals surface area (Å²) in [6, 6.07) is 98.7. The Kier molecular flexibility index (Phi) is 9.91. The number of benzene rings is 12. The van der Waals surface area contributed by atoms with Crippen LogP contribution in [0.1, 0.15) is 25.0 Å². The minimum Gasteiger partial charge on any atom is -0.310 e. The summed E-state index contributed by atoms with van der Waals surface area (Å²) in [6.07, 6.45) is 0. The van der Waals surface area contributed by atoms with E-state index in [0.717, 1.165) is 39.4 Å². The number of para-hydroxylation sites is 3. The fourth-order valence-corrected chi connectivity index (χ4v) is 12.0. The summed E-state index contributed by atoms with van der Waals surface area (Å²) in [5, 5.41) is 7.42. The molecule has 0 fully saturated rings. The number of fused-ring (bicyclic) bond motifs is 9. The lowest BCUT2D eigenvalue weighted by Crippen LogP contribution is -2.17. The molecule has 12 aromatic carbocycles. The van der Waals surface area contributed by atoms with Gasteiger partial charge in [0.15, 0.2) is 0 Å². The van der Waals surface area contributed by atoms with Crippen molar-refractivity contribution in [3.05, 3.63) is 278 Å². The van der Waals surface area contributed by atoms with Crippen LogP contribution in [0.3, 0.4) is 0 Å². The summed E-state index contributed by atoms with van der Waals surface area (Å²) >= 11 is 0. The standard InChI is InChI=1S/C71H50N2/c1-71(2)65-28-14-10-25-59(65)60-42-41-54(46-66(60)71)72(53-39-36-50(37-40-53)49-34-32-48(33-35-49)47-18-4-3-5-19-47)70-43-38-52(45-64(70)63-44-51-20-6-7-21-55(51)57-23-8-9-24-58(57)63)56-22-11-15-29-67(56)73-68-30-16-12-26-61(68)62-27-13-17-31-69(62)73/h3-46H,1-2H3. The van der Waals surface area contributed by atoms with E-state index >= 15 is 0 Å². The minimum absolute atomic E-state index is 0.179. The molecule has 1 heterocycles. The van der Waals surface area contributed by atoms with Crippen molar-refractivity contribution in [2.24, 2.45) is 0 Å². The van der Waals surface area contributed by atoms with Crippen molar-refractivity contribution in [2.45, 2.75) is 19.3 Å². The van der Waals surface area contributed by atoms with E-state index in [-0.39, 0.29) is 5.41 Å². The van der Waals surface area contributed by atoms with E-state index in [9.17, 15) is 0 Å². The van der Waals surface area contributed by atoms with Crippen LogP contribution >= 0.6 is 0 Å². The first-order chi connectivity index (χ1) is 36.0. The maximum atomic E-state index is 2.50. The van der Waals surface area contributed by atoms with Crippen LogP contribution in [0.2, 0.25) is 0 Å². The third-order valence-electron chi connectivity index (χ3n) is 15.6. The normalized spacial score (nSPS) is 12.6. The van der Waals surface area contributed by atoms with Gasteiger partial charge in [-0.05, 0) is 138 Å². The number of nitrogens with zero attached hydrogens (tertiary/aromatic N) is 2. The molecule has 14 rings (SSSR count). The van der Waals surface area contributed by atoms with Crippen molar-refractivity contribution in [3.8, 4) is 61.3 Å². The maximum Gasteiger partial charge on any atom is 0.0541 e. The van der Waals surface area contributed by atoms with Gasteiger partial charge >= 0.3 is 0 Å². The second kappa shape index (κ2) is 17.0. The van der Waals surface area contributed by atoms with Crippen LogP contribution in [-0.4, -0.2) is 4.57 Å². The molecule has 0 unspecified atom stereocenters. The van der Waals surface area contributed by atoms with Crippen molar-refractivity contribution < 1.29 is 0 Å². The predicted octanol–water partition coefficient (Wildman–Crippen LogP) is 19.5. The molecule has 0 saturated carbocycles. The summed E-state index contributed by atoms with van der Waals surface area (Å²) in [6.45, 7) is 4.75. The lowest BCUT2D eigenvalue weighted by atomic mass is 9.82. The lowest BCUT2D eigenvalue weighted by molar-refractivity contribution is 0.660. The van der Waals surface area contributed by atoms with Crippen molar-refractivity contribution in [3.63, 3.8) is 0 Å². The second-order valence-corrected chi connectivity index (χ2v) is 20.0. The molecule has 0 atom stereocenters. The molecule has 1 aliphatic rings. The molecule has 0 N–H and O–H groups in total. The Labute approximate surface area is 426 Å². The van der Waals surface area contributed by atoms with Gasteiger partial charge in [0, 0.05) is 38.7 Å². The molecular formula is C71H50N2. The minimum atomic E-state index is -0.179. The average molecular weight is 931 g/mol. The first kappa shape index (κ1) is 42.6. The Bertz CT molecular complexity index is 4220. The van der Waals surface area contributed by atoms with E-state index in [1.165, 1.54) is 93.4 Å². The van der Waals surface area contributed by atoms with Crippen LogP contribution in [0.25, 0.3) is 105 Å². The van der Waals surface area contributed by atoms with Crippen molar-refractivity contribution in [1.29, 1.82) is 0 Å². The molecular weight excluding hydrogens is 881 g/mol. The monoisotopic (exact) mass is 930 g/mol. The fourth-order valence-electron chi connectivity index (χ4n) is 12.0. The van der Waals surface area contributed by atoms with E-state index in [1.54, 1.807) is 0 Å². The smallest absolute Gasteiger partial charge is 0.0541 e. The number of hydrogen-bond donors (Lipinski definition) is 0. The highest BCUT2D eigenvalue weighted by molar-refractivity contribution is 6.15. The highest BCUT2D eigenvalue weighted by atomic mass is 15.1. The zero-order chi connectivity index (χ0) is 48.6. The Hall–Kier alpha value is -9.24. The van der Waals surface area contributed by atoms with Gasteiger partial charge in [-0.2, -0.15) is 0 Å². The van der Waals surface area contributed by atoms with Crippen LogP contribution in [0, 0.1) is 0 Å². The number of anilines is 3. The molecule has 2 heteroatoms. The third-order valence-corrected chi connectivity index (χ3v) is 15.6. The molecule has 0 radical (unpaired) electrons. The maximum absolute atomic E-state index is 2.50. The molecule has 0 amide bonds. The van der Waals surface area contributed by atoms with Gasteiger partial charge in [0.1, 0.15) is 0 Å². The zero-order valence-corrected chi connectivity index (χ0v) is 40.8. The zero-order valence-electron chi connectivity index (χ0n) is 40.8. The van der Waals surface area contributed by atoms with E-state index in [2.05, 4.69) is 290 Å². The van der Waals surface area contributed by atoms with Crippen LogP contribution in [0.15, 0.2) is 267 Å². The van der Waals surface area contributed by atoms with Gasteiger partial charge in [-0.1, -0.05) is 220 Å². The molecule has 0 saturated heterocycles. The Morgan fingerprint density at radius 1 is 0.301 bits per heavy atom. The molecule has 73 heavy (non-hydrogen) atoms. The number of aromatic nitrogens is 1. The summed E-state index contributed by atoms with van der Waals surface area (Å²) < 4.78 is 2.45. The molecule has 0 bridgehead atoms. The number of hydrogen-bond acceptors (Lipinski definition) is 1. The van der Waals surface area contributed by atoms with Gasteiger partial charge in [0.25, 0.3) is 0 Å². The molecule has 0 spiro atoms. The van der Waals surface area contributed by atoms with Crippen LogP contribution in [0.4, 0.5) is 17.1 Å². The summed E-state index contributed by atoms with van der Waals surface area (Å²) in [5.74, 6) is 0. The summed E-state index contributed by atoms with van der Waals surface area (Å²) in [7, 11) is 0. The SMILES string of the molecule is CC1(C)c2ccccc2-c2ccc(N(c3ccc(-c4ccc(-c5ccccc5)cc4)cc3)c3ccc(-c4ccccc4-n4c5ccccc5c5ccccc54)cc3-c3cc4ccccc4c4ccccc34)cc21. The fraction of sp³-hybridized carbons (Fsp3) is 0.0423. The van der Waals surface area contributed by atoms with Gasteiger partial charge < -0.3 is 9.47 Å². The average Bonchev–Trinajstić information content (AvgIpc) is 3.91. The highest BCUT2D eigenvalue weighted by Crippen LogP contribution is 2.52. The van der Waals surface area contributed by atoms with Crippen molar-refractivity contribution in [1.82, 2.24) is 4.57 Å². The van der Waals surface area contributed by atoms with E-state index in [0.29, 0.717) is 0 Å². The second-order valence-electron chi connectivity index (χ2n) is 20.0. The Morgan fingerprint density at radius 3 is 1.52 bits per heavy atom. The summed E-state index contributed by atoms with van der Waals surface area (Å²) in [4.78, 5) is 2.50. The van der Waals surface area contributed by atoms with Gasteiger partial charge in [0.05, 0.1) is 22.4 Å². The molecule has 13 aromatic rings. The van der Waals surface area contributed by atoms with Crippen LogP contribution < -0.4 is 4.90 Å². The molecule has 344 valence electrons. The summed E-state index contributed by atoms with van der Waals surface area (Å²) in [5.41, 5.74) is 21.4. The van der Waals surface area contributed by atoms with Gasteiger partial charge in [0.2, 0.25) is 0 Å². The molecule has 1 aliphatic carbocycles.